The first-order valence-electron chi connectivity index (χ1n) is 4.14. The van der Waals surface area contributed by atoms with E-state index >= 15 is 0 Å². The average Bonchev–Trinajstić information content (AvgIpc) is 2.00. The van der Waals surface area contributed by atoms with Crippen molar-refractivity contribution < 1.29 is 17.9 Å². The van der Waals surface area contributed by atoms with Crippen molar-refractivity contribution >= 4 is 15.8 Å². The largest absolute Gasteiger partial charge is 0.466 e. The van der Waals surface area contributed by atoms with E-state index < -0.39 is 21.8 Å². The highest BCUT2D eigenvalue weighted by molar-refractivity contribution is 7.93. The summed E-state index contributed by atoms with van der Waals surface area (Å²) >= 11 is 0. The maximum Gasteiger partial charge on any atom is 0.307 e. The van der Waals surface area contributed by atoms with Crippen LogP contribution in [0.2, 0.25) is 0 Å². The Bertz CT molecular complexity index is 307. The van der Waals surface area contributed by atoms with Crippen molar-refractivity contribution in [3.05, 3.63) is 11.5 Å². The van der Waals surface area contributed by atoms with E-state index in [4.69, 9.17) is 5.73 Å². The molecule has 0 bridgehead atoms. The number of sulfone groups is 1. The van der Waals surface area contributed by atoms with Crippen molar-refractivity contribution in [2.24, 2.45) is 5.73 Å². The number of hydrogen-bond donors (Lipinski definition) is 1. The van der Waals surface area contributed by atoms with Gasteiger partial charge >= 0.3 is 5.97 Å². The Hall–Kier alpha value is -0.880. The van der Waals surface area contributed by atoms with Gasteiger partial charge < -0.3 is 10.5 Å². The van der Waals surface area contributed by atoms with E-state index in [0.29, 0.717) is 6.61 Å². The second-order valence-electron chi connectivity index (χ2n) is 2.83. The Labute approximate surface area is 83.8 Å². The molecule has 0 amide bonds. The molecule has 82 valence electrons. The third-order valence-corrected chi connectivity index (χ3v) is 1.93. The van der Waals surface area contributed by atoms with Gasteiger partial charge in [-0.15, -0.1) is 0 Å². The van der Waals surface area contributed by atoms with Crippen molar-refractivity contribution in [1.29, 1.82) is 0 Å². The van der Waals surface area contributed by atoms with Gasteiger partial charge in [0.05, 0.1) is 13.0 Å². The molecule has 0 unspecified atom stereocenters. The molecule has 0 fully saturated rings. The summed E-state index contributed by atoms with van der Waals surface area (Å²) in [7, 11) is -3.18. The minimum Gasteiger partial charge on any atom is -0.466 e. The first kappa shape index (κ1) is 13.1. The molecule has 2 N–H and O–H groups in total. The highest BCUT2D eigenvalue weighted by Gasteiger charge is 2.07. The van der Waals surface area contributed by atoms with Gasteiger partial charge in [0, 0.05) is 17.7 Å². The lowest BCUT2D eigenvalue weighted by Gasteiger charge is -2.04. The van der Waals surface area contributed by atoms with Crippen LogP contribution in [-0.4, -0.2) is 33.3 Å². The molecule has 0 aliphatic carbocycles. The van der Waals surface area contributed by atoms with Crippen LogP contribution in [0.5, 0.6) is 0 Å². The number of carbonyl (C=O) groups is 1. The van der Waals surface area contributed by atoms with Crippen LogP contribution in [0, 0.1) is 0 Å². The molecule has 0 spiro atoms. The number of rotatable bonds is 5. The topological polar surface area (TPSA) is 86.5 Å². The van der Waals surface area contributed by atoms with Crippen LogP contribution < -0.4 is 5.73 Å². The second kappa shape index (κ2) is 5.77. The number of esters is 1. The van der Waals surface area contributed by atoms with Crippen LogP contribution in [0.3, 0.4) is 0 Å². The van der Waals surface area contributed by atoms with Crippen LogP contribution in [-0.2, 0) is 19.4 Å². The Morgan fingerprint density at radius 3 is 2.57 bits per heavy atom. The van der Waals surface area contributed by atoms with Crippen molar-refractivity contribution in [1.82, 2.24) is 0 Å². The quantitative estimate of drug-likeness (QED) is 0.651. The predicted octanol–water partition coefficient (Wildman–Crippen LogP) is -0.175. The zero-order valence-corrected chi connectivity index (χ0v) is 9.08. The highest BCUT2D eigenvalue weighted by atomic mass is 32.2. The lowest BCUT2D eigenvalue weighted by atomic mass is 10.2. The zero-order chi connectivity index (χ0) is 11.2. The summed E-state index contributed by atoms with van der Waals surface area (Å²) in [6.07, 6.45) is 2.31. The Morgan fingerprint density at radius 1 is 1.57 bits per heavy atom. The smallest absolute Gasteiger partial charge is 0.307 e. The lowest BCUT2D eigenvalue weighted by molar-refractivity contribution is -0.143. The predicted molar refractivity (Wildman–Crippen MR) is 53.2 cm³/mol. The zero-order valence-electron chi connectivity index (χ0n) is 8.26. The number of ether oxygens (including phenoxy) is 1. The van der Waals surface area contributed by atoms with Gasteiger partial charge in [-0.2, -0.15) is 0 Å². The fourth-order valence-electron chi connectivity index (χ4n) is 0.724. The molecule has 1 atom stereocenters. The fraction of sp³-hybridized carbons (Fsp3) is 0.625. The molecule has 0 rings (SSSR count). The molecule has 0 aliphatic heterocycles. The molecule has 0 saturated carbocycles. The van der Waals surface area contributed by atoms with Gasteiger partial charge in [0.25, 0.3) is 0 Å². The third-order valence-electron chi connectivity index (χ3n) is 1.28. The maximum atomic E-state index is 10.9. The number of nitrogens with two attached hydrogens (primary N) is 1. The molecule has 0 aromatic rings. The van der Waals surface area contributed by atoms with Crippen molar-refractivity contribution in [2.75, 3.05) is 12.9 Å². The summed E-state index contributed by atoms with van der Waals surface area (Å²) in [6.45, 7) is 1.98. The molecule has 0 aromatic heterocycles. The van der Waals surface area contributed by atoms with Gasteiger partial charge in [-0.1, -0.05) is 6.08 Å². The van der Waals surface area contributed by atoms with Crippen LogP contribution >= 0.6 is 0 Å². The highest BCUT2D eigenvalue weighted by Crippen LogP contribution is 1.96. The first-order valence-corrected chi connectivity index (χ1v) is 6.10. The Morgan fingerprint density at radius 2 is 2.14 bits per heavy atom. The Kier molecular flexibility index (Phi) is 5.40. The summed E-state index contributed by atoms with van der Waals surface area (Å²) in [4.78, 5) is 10.9. The molecule has 0 aliphatic rings. The van der Waals surface area contributed by atoms with Crippen molar-refractivity contribution in [2.45, 2.75) is 19.4 Å². The third kappa shape index (κ3) is 7.75. The van der Waals surface area contributed by atoms with Gasteiger partial charge in [0.15, 0.2) is 9.84 Å². The van der Waals surface area contributed by atoms with Crippen molar-refractivity contribution in [3.8, 4) is 0 Å². The van der Waals surface area contributed by atoms with Crippen LogP contribution in [0.25, 0.3) is 0 Å². The van der Waals surface area contributed by atoms with E-state index in [1.807, 2.05) is 0 Å². The second-order valence-corrected chi connectivity index (χ2v) is 4.76. The Balaban J connectivity index is 4.05. The van der Waals surface area contributed by atoms with Gasteiger partial charge in [-0.3, -0.25) is 4.79 Å². The van der Waals surface area contributed by atoms with Gasteiger partial charge in [-0.05, 0) is 6.92 Å². The van der Waals surface area contributed by atoms with Crippen LogP contribution in [0.4, 0.5) is 0 Å². The molecule has 0 heterocycles. The molecule has 5 nitrogen and oxygen atoms in total. The normalized spacial score (nSPS) is 14.2. The molecule has 0 aromatic carbocycles. The van der Waals surface area contributed by atoms with Gasteiger partial charge in [0.2, 0.25) is 0 Å². The van der Waals surface area contributed by atoms with Gasteiger partial charge in [0.1, 0.15) is 0 Å². The number of carbonyl (C=O) groups excluding carboxylic acids is 1. The van der Waals surface area contributed by atoms with E-state index in [9.17, 15) is 13.2 Å². The summed E-state index contributed by atoms with van der Waals surface area (Å²) in [5.74, 6) is -0.432. The van der Waals surface area contributed by atoms with E-state index in [1.165, 1.54) is 6.08 Å². The minimum atomic E-state index is -3.18. The van der Waals surface area contributed by atoms with E-state index in [1.54, 1.807) is 6.92 Å². The van der Waals surface area contributed by atoms with E-state index in [2.05, 4.69) is 4.74 Å². The summed E-state index contributed by atoms with van der Waals surface area (Å²) in [6, 6.07) is -0.622. The molecule has 0 radical (unpaired) electrons. The average molecular weight is 221 g/mol. The first-order chi connectivity index (χ1) is 6.35. The maximum absolute atomic E-state index is 10.9. The summed E-state index contributed by atoms with van der Waals surface area (Å²) < 4.78 is 26.0. The van der Waals surface area contributed by atoms with E-state index in [0.717, 1.165) is 11.7 Å². The van der Waals surface area contributed by atoms with E-state index in [-0.39, 0.29) is 6.42 Å². The monoisotopic (exact) mass is 221 g/mol. The lowest BCUT2D eigenvalue weighted by Crippen LogP contribution is -2.22. The number of hydrogen-bond acceptors (Lipinski definition) is 5. The molecular formula is C8H15NO4S. The van der Waals surface area contributed by atoms with Crippen molar-refractivity contribution in [3.63, 3.8) is 0 Å². The summed E-state index contributed by atoms with van der Waals surface area (Å²) in [5, 5.41) is 0.983. The molecule has 0 saturated heterocycles. The van der Waals surface area contributed by atoms with Gasteiger partial charge in [-0.25, -0.2) is 8.42 Å². The SMILES string of the molecule is CCOC(=O)C[C@H](N)C=CS(C)(=O)=O. The van der Waals surface area contributed by atoms with Crippen LogP contribution in [0.15, 0.2) is 11.5 Å². The van der Waals surface area contributed by atoms with Crippen LogP contribution in [0.1, 0.15) is 13.3 Å². The molecular weight excluding hydrogens is 206 g/mol. The summed E-state index contributed by atoms with van der Waals surface area (Å²) in [5.41, 5.74) is 5.46. The molecule has 14 heavy (non-hydrogen) atoms. The standard InChI is InChI=1S/C8H15NO4S/c1-3-13-8(10)6-7(9)4-5-14(2,11)12/h4-5,7H,3,6,9H2,1-2H3/t7-/m1/s1. The molecule has 6 heteroatoms. The fourth-order valence-corrected chi connectivity index (χ4v) is 1.21. The minimum absolute atomic E-state index is 0.0140.